The fraction of sp³-hybridized carbons (Fsp3) is 0.462. The Bertz CT molecular complexity index is 909. The highest BCUT2D eigenvalue weighted by Gasteiger charge is 2.61. The number of carbonyl (C=O) groups is 1. The molecular weight excluding hydrogens is 400 g/mol. The molecule has 2 unspecified atom stereocenters. The van der Waals surface area contributed by atoms with Crippen LogP contribution in [0.15, 0.2) is 42.5 Å². The van der Waals surface area contributed by atoms with Crippen LogP contribution in [-0.4, -0.2) is 44.4 Å². The van der Waals surface area contributed by atoms with Crippen molar-refractivity contribution in [3.63, 3.8) is 0 Å². The van der Waals surface area contributed by atoms with E-state index in [1.807, 2.05) is 32.6 Å². The molecule has 3 N–H and O–H groups in total. The maximum atomic E-state index is 12.6. The van der Waals surface area contributed by atoms with Crippen LogP contribution in [0.1, 0.15) is 71.8 Å². The van der Waals surface area contributed by atoms with Gasteiger partial charge in [-0.2, -0.15) is 5.10 Å². The lowest BCUT2D eigenvalue weighted by atomic mass is 10.2. The van der Waals surface area contributed by atoms with Crippen molar-refractivity contribution in [3.8, 4) is 18.6 Å². The van der Waals surface area contributed by atoms with Crippen LogP contribution in [0, 0.1) is 12.8 Å². The number of benzene rings is 1. The molecule has 2 fully saturated rings. The Labute approximate surface area is 193 Å². The van der Waals surface area contributed by atoms with Gasteiger partial charge in [-0.25, -0.2) is 0 Å². The van der Waals surface area contributed by atoms with E-state index in [0.717, 1.165) is 18.2 Å². The lowest BCUT2D eigenvalue weighted by Crippen LogP contribution is -2.34. The monoisotopic (exact) mass is 440 g/mol. The van der Waals surface area contributed by atoms with Crippen LogP contribution in [0.3, 0.4) is 0 Å². The van der Waals surface area contributed by atoms with Gasteiger partial charge < -0.3 is 10.0 Å². The zero-order chi connectivity index (χ0) is 24.9. The molecule has 1 aromatic carbocycles. The second-order valence-electron chi connectivity index (χ2n) is 7.42. The van der Waals surface area contributed by atoms with E-state index in [4.69, 9.17) is 0 Å². The lowest BCUT2D eigenvalue weighted by molar-refractivity contribution is 0.0759. The number of aromatic nitrogens is 2. The minimum atomic E-state index is -0.0488. The summed E-state index contributed by atoms with van der Waals surface area (Å²) in [6, 6.07) is 5.17. The standard InChI is InChI=1S/C14H16N4O2.C5H10.C3H6.C2H6.C2H2/c1-2-14-6-11(14)18(7-15-14)13(20)12-9-4-3-8(19)5-10(9)16-17-12;1-4-5(2)3;1-3-2;2*1-2/h3-5,11,15,19H,2,6-7H2,1H3,(H,16,17);4H,1-3H3;3H,1H2,2H3;1-2H3;1-2H. The Morgan fingerprint density at radius 3 is 2.34 bits per heavy atom. The van der Waals surface area contributed by atoms with Gasteiger partial charge in [0.1, 0.15) is 5.75 Å². The Morgan fingerprint density at radius 2 is 1.91 bits per heavy atom. The first-order valence-electron chi connectivity index (χ1n) is 11.1. The molecule has 176 valence electrons. The van der Waals surface area contributed by atoms with Crippen molar-refractivity contribution in [1.29, 1.82) is 0 Å². The highest BCUT2D eigenvalue weighted by molar-refractivity contribution is 6.05. The molecule has 6 heteroatoms. The third-order valence-electron chi connectivity index (χ3n) is 5.23. The number of carbonyl (C=O) groups excluding carboxylic acids is 1. The summed E-state index contributed by atoms with van der Waals surface area (Å²) < 4.78 is 0. The van der Waals surface area contributed by atoms with Gasteiger partial charge in [0, 0.05) is 17.0 Å². The third-order valence-corrected chi connectivity index (χ3v) is 5.23. The predicted octanol–water partition coefficient (Wildman–Crippen LogP) is 5.63. The molecule has 4 rings (SSSR count). The maximum Gasteiger partial charge on any atom is 0.276 e. The summed E-state index contributed by atoms with van der Waals surface area (Å²) in [5.74, 6) is 0.113. The number of nitrogens with one attached hydrogen (secondary N) is 2. The number of terminal acetylenes is 1. The van der Waals surface area contributed by atoms with E-state index >= 15 is 0 Å². The van der Waals surface area contributed by atoms with Gasteiger partial charge in [0.2, 0.25) is 0 Å². The van der Waals surface area contributed by atoms with E-state index in [9.17, 15) is 9.90 Å². The van der Waals surface area contributed by atoms with Crippen molar-refractivity contribution in [1.82, 2.24) is 20.4 Å². The summed E-state index contributed by atoms with van der Waals surface area (Å²) in [6.45, 7) is 18.2. The van der Waals surface area contributed by atoms with Crippen LogP contribution in [0.2, 0.25) is 0 Å². The number of aromatic hydroxyl groups is 1. The zero-order valence-corrected chi connectivity index (χ0v) is 20.7. The first kappa shape index (κ1) is 29.0. The molecule has 2 aliphatic rings. The van der Waals surface area contributed by atoms with E-state index in [1.165, 1.54) is 5.57 Å². The highest BCUT2D eigenvalue weighted by atomic mass is 16.3. The highest BCUT2D eigenvalue weighted by Crippen LogP contribution is 2.47. The first-order valence-corrected chi connectivity index (χ1v) is 11.1. The van der Waals surface area contributed by atoms with Crippen LogP contribution in [0.25, 0.3) is 10.9 Å². The normalized spacial score (nSPS) is 19.2. The van der Waals surface area contributed by atoms with Gasteiger partial charge in [-0.15, -0.1) is 19.4 Å². The molecule has 2 atom stereocenters. The Balaban J connectivity index is 0.000000682. The molecule has 0 bridgehead atoms. The summed E-state index contributed by atoms with van der Waals surface area (Å²) >= 11 is 0. The van der Waals surface area contributed by atoms with Crippen molar-refractivity contribution in [2.75, 3.05) is 6.67 Å². The Kier molecular flexibility index (Phi) is 12.8. The van der Waals surface area contributed by atoms with Crippen molar-refractivity contribution in [3.05, 3.63) is 48.2 Å². The molecule has 1 saturated heterocycles. The summed E-state index contributed by atoms with van der Waals surface area (Å²) in [7, 11) is 0. The number of allylic oxidation sites excluding steroid dienone is 3. The van der Waals surface area contributed by atoms with Crippen LogP contribution in [0.4, 0.5) is 0 Å². The minimum absolute atomic E-state index is 0.0488. The maximum absolute atomic E-state index is 12.6. The van der Waals surface area contributed by atoms with Crippen LogP contribution in [0.5, 0.6) is 5.75 Å². The molecule has 1 aliphatic carbocycles. The van der Waals surface area contributed by atoms with Gasteiger partial charge in [0.05, 0.1) is 18.2 Å². The summed E-state index contributed by atoms with van der Waals surface area (Å²) in [6.07, 6.45) is 13.9. The number of phenols is 1. The molecule has 32 heavy (non-hydrogen) atoms. The van der Waals surface area contributed by atoms with Gasteiger partial charge in [0.25, 0.3) is 5.91 Å². The largest absolute Gasteiger partial charge is 0.508 e. The second-order valence-corrected chi connectivity index (χ2v) is 7.42. The fourth-order valence-electron chi connectivity index (χ4n) is 3.26. The average Bonchev–Trinajstić information content (AvgIpc) is 3.19. The van der Waals surface area contributed by atoms with Crippen molar-refractivity contribution < 1.29 is 9.90 Å². The summed E-state index contributed by atoms with van der Waals surface area (Å²) in [4.78, 5) is 14.5. The molecule has 1 saturated carbocycles. The van der Waals surface area contributed by atoms with Gasteiger partial charge in [0.15, 0.2) is 5.69 Å². The van der Waals surface area contributed by atoms with E-state index in [0.29, 0.717) is 23.9 Å². The number of rotatable bonds is 2. The number of hydrogen-bond acceptors (Lipinski definition) is 4. The van der Waals surface area contributed by atoms with E-state index in [1.54, 1.807) is 24.3 Å². The molecule has 2 heterocycles. The fourth-order valence-corrected chi connectivity index (χ4v) is 3.26. The number of H-pyrrole nitrogens is 1. The molecule has 1 aliphatic heterocycles. The van der Waals surface area contributed by atoms with Crippen molar-refractivity contribution in [2.24, 2.45) is 0 Å². The quantitative estimate of drug-likeness (QED) is 0.417. The third kappa shape index (κ3) is 7.00. The van der Waals surface area contributed by atoms with Gasteiger partial charge >= 0.3 is 0 Å². The molecule has 1 aromatic heterocycles. The van der Waals surface area contributed by atoms with Crippen LogP contribution < -0.4 is 5.32 Å². The molecule has 1 amide bonds. The van der Waals surface area contributed by atoms with Crippen LogP contribution in [-0.2, 0) is 0 Å². The van der Waals surface area contributed by atoms with E-state index < -0.39 is 0 Å². The van der Waals surface area contributed by atoms with Gasteiger partial charge in [-0.1, -0.05) is 38.5 Å². The lowest BCUT2D eigenvalue weighted by Gasteiger charge is -2.15. The number of amides is 1. The number of nitrogens with zero attached hydrogens (tertiary/aromatic N) is 2. The smallest absolute Gasteiger partial charge is 0.276 e. The van der Waals surface area contributed by atoms with Crippen molar-refractivity contribution >= 4 is 16.8 Å². The van der Waals surface area contributed by atoms with E-state index in [-0.39, 0.29) is 17.2 Å². The molecule has 6 nitrogen and oxygen atoms in total. The van der Waals surface area contributed by atoms with Crippen LogP contribution >= 0.6 is 0 Å². The molecule has 0 radical (unpaired) electrons. The SMILES string of the molecule is C#C.C=CC.CC.CC=C(C)C.CCC12CC1N(C(=O)c1n[nH]c3cc(O)ccc13)CN2. The summed E-state index contributed by atoms with van der Waals surface area (Å²) in [5, 5.41) is 20.6. The van der Waals surface area contributed by atoms with E-state index in [2.05, 4.69) is 61.8 Å². The number of fused-ring (bicyclic) bond motifs is 2. The molecule has 0 spiro atoms. The minimum Gasteiger partial charge on any atom is -0.508 e. The molecular formula is C26H40N4O2. The number of hydrogen-bond donors (Lipinski definition) is 3. The first-order chi connectivity index (χ1) is 15.3. The summed E-state index contributed by atoms with van der Waals surface area (Å²) in [5.41, 5.74) is 2.63. The number of phenolic OH excluding ortho intramolecular Hbond substituents is 1. The Hall–Kier alpha value is -3.04. The van der Waals surface area contributed by atoms with Gasteiger partial charge in [-0.05, 0) is 52.7 Å². The second kappa shape index (κ2) is 14.1. The predicted molar refractivity (Wildman–Crippen MR) is 136 cm³/mol. The Morgan fingerprint density at radius 1 is 1.34 bits per heavy atom. The van der Waals surface area contributed by atoms with Gasteiger partial charge in [-0.3, -0.25) is 15.2 Å². The van der Waals surface area contributed by atoms with Crippen molar-refractivity contribution in [2.45, 2.75) is 72.9 Å². The molecule has 2 aromatic rings. The number of aromatic amines is 1. The zero-order valence-electron chi connectivity index (χ0n) is 20.7. The average molecular weight is 441 g/mol. The topological polar surface area (TPSA) is 81.2 Å².